The number of nitrogens with one attached hydrogen (secondary N) is 2. The van der Waals surface area contributed by atoms with Crippen LogP contribution < -0.4 is 10.6 Å². The van der Waals surface area contributed by atoms with E-state index in [1.54, 1.807) is 0 Å². The molecule has 5 heteroatoms. The largest absolute Gasteiger partial charge is 0.396 e. The third-order valence-corrected chi connectivity index (χ3v) is 4.59. The van der Waals surface area contributed by atoms with E-state index in [9.17, 15) is 9.90 Å². The molecule has 1 aromatic carbocycles. The van der Waals surface area contributed by atoms with E-state index < -0.39 is 0 Å². The molecule has 0 saturated carbocycles. The molecule has 1 heterocycles. The number of nitrogens with zero attached hydrogens (tertiary/aromatic N) is 1. The van der Waals surface area contributed by atoms with Gasteiger partial charge >= 0.3 is 6.03 Å². The molecule has 1 unspecified atom stereocenters. The topological polar surface area (TPSA) is 64.6 Å². The first kappa shape index (κ1) is 18.6. The lowest BCUT2D eigenvalue weighted by atomic mass is 9.89. The predicted octanol–water partition coefficient (Wildman–Crippen LogP) is 3.07. The highest BCUT2D eigenvalue weighted by molar-refractivity contribution is 5.74. The average Bonchev–Trinajstić information content (AvgIpc) is 2.60. The van der Waals surface area contributed by atoms with Crippen LogP contribution in [0.25, 0.3) is 0 Å². The zero-order chi connectivity index (χ0) is 17.4. The molecule has 2 rings (SSSR count). The van der Waals surface area contributed by atoms with Crippen LogP contribution in [0.4, 0.5) is 10.5 Å². The van der Waals surface area contributed by atoms with Crippen molar-refractivity contribution in [2.75, 3.05) is 31.6 Å². The Bertz CT molecular complexity index is 505. The van der Waals surface area contributed by atoms with Crippen LogP contribution in [0.3, 0.4) is 0 Å². The Hall–Kier alpha value is -1.75. The summed E-state index contributed by atoms with van der Waals surface area (Å²) < 4.78 is 0. The van der Waals surface area contributed by atoms with Gasteiger partial charge in [-0.05, 0) is 43.2 Å². The second-order valence-electron chi connectivity index (χ2n) is 7.45. The number of carbonyl (C=O) groups excluding carboxylic acids is 1. The molecule has 1 aliphatic rings. The summed E-state index contributed by atoms with van der Waals surface area (Å²) in [5.41, 5.74) is 1.04. The average molecular weight is 333 g/mol. The SMILES string of the molecule is CC(C)(CO)CCCNC(=O)N1CCCC(Nc2ccccc2)C1. The molecule has 3 N–H and O–H groups in total. The first-order valence-electron chi connectivity index (χ1n) is 8.95. The van der Waals surface area contributed by atoms with Gasteiger partial charge in [-0.15, -0.1) is 0 Å². The number of amides is 2. The summed E-state index contributed by atoms with van der Waals surface area (Å²) in [4.78, 5) is 14.2. The van der Waals surface area contributed by atoms with Crippen molar-refractivity contribution in [1.29, 1.82) is 0 Å². The van der Waals surface area contributed by atoms with E-state index in [1.165, 1.54) is 0 Å². The molecule has 1 atom stereocenters. The third kappa shape index (κ3) is 6.04. The molecule has 2 amide bonds. The van der Waals surface area contributed by atoms with Gasteiger partial charge in [-0.3, -0.25) is 0 Å². The van der Waals surface area contributed by atoms with E-state index in [1.807, 2.05) is 36.9 Å². The van der Waals surface area contributed by atoms with Gasteiger partial charge in [-0.25, -0.2) is 4.79 Å². The third-order valence-electron chi connectivity index (χ3n) is 4.59. The minimum absolute atomic E-state index is 0.0244. The molecule has 24 heavy (non-hydrogen) atoms. The van der Waals surface area contributed by atoms with Crippen molar-refractivity contribution in [3.05, 3.63) is 30.3 Å². The highest BCUT2D eigenvalue weighted by Gasteiger charge is 2.23. The Balaban J connectivity index is 1.72. The number of anilines is 1. The molecular weight excluding hydrogens is 302 g/mol. The smallest absolute Gasteiger partial charge is 0.317 e. The fourth-order valence-corrected chi connectivity index (χ4v) is 3.00. The van der Waals surface area contributed by atoms with Crippen LogP contribution in [0.15, 0.2) is 30.3 Å². The maximum Gasteiger partial charge on any atom is 0.317 e. The number of para-hydroxylation sites is 1. The van der Waals surface area contributed by atoms with Gasteiger partial charge in [-0.1, -0.05) is 32.0 Å². The number of aliphatic hydroxyl groups is 1. The molecule has 0 aliphatic carbocycles. The number of likely N-dealkylation sites (tertiary alicyclic amines) is 1. The normalized spacial score (nSPS) is 18.3. The summed E-state index contributed by atoms with van der Waals surface area (Å²) in [6.45, 7) is 6.48. The molecule has 1 fully saturated rings. The summed E-state index contributed by atoms with van der Waals surface area (Å²) in [7, 11) is 0. The maximum atomic E-state index is 12.3. The van der Waals surface area contributed by atoms with Gasteiger partial charge in [0.05, 0.1) is 0 Å². The van der Waals surface area contributed by atoms with Crippen LogP contribution in [0.1, 0.15) is 39.5 Å². The van der Waals surface area contributed by atoms with Gasteiger partial charge in [0.15, 0.2) is 0 Å². The van der Waals surface area contributed by atoms with Gasteiger partial charge in [0, 0.05) is 38.0 Å². The van der Waals surface area contributed by atoms with Crippen LogP contribution >= 0.6 is 0 Å². The maximum absolute atomic E-state index is 12.3. The Morgan fingerprint density at radius 3 is 2.79 bits per heavy atom. The molecular formula is C19H31N3O2. The molecule has 134 valence electrons. The van der Waals surface area contributed by atoms with E-state index in [4.69, 9.17) is 0 Å². The second-order valence-corrected chi connectivity index (χ2v) is 7.45. The fraction of sp³-hybridized carbons (Fsp3) is 0.632. The van der Waals surface area contributed by atoms with E-state index in [-0.39, 0.29) is 18.1 Å². The van der Waals surface area contributed by atoms with Crippen molar-refractivity contribution in [3.8, 4) is 0 Å². The van der Waals surface area contributed by atoms with Gasteiger partial charge < -0.3 is 20.6 Å². The van der Waals surface area contributed by atoms with Crippen LogP contribution in [-0.4, -0.2) is 48.3 Å². The summed E-state index contributed by atoms with van der Waals surface area (Å²) in [6, 6.07) is 10.5. The first-order valence-corrected chi connectivity index (χ1v) is 8.95. The molecule has 0 spiro atoms. The zero-order valence-electron chi connectivity index (χ0n) is 14.9. The van der Waals surface area contributed by atoms with E-state index in [2.05, 4.69) is 22.8 Å². The van der Waals surface area contributed by atoms with E-state index in [0.717, 1.165) is 44.5 Å². The number of hydrogen-bond acceptors (Lipinski definition) is 3. The van der Waals surface area contributed by atoms with Crippen molar-refractivity contribution in [1.82, 2.24) is 10.2 Å². The van der Waals surface area contributed by atoms with Crippen molar-refractivity contribution in [2.45, 2.75) is 45.6 Å². The molecule has 1 saturated heterocycles. The fourth-order valence-electron chi connectivity index (χ4n) is 3.00. The Kier molecular flexibility index (Phi) is 6.91. The quantitative estimate of drug-likeness (QED) is 0.672. The summed E-state index contributed by atoms with van der Waals surface area (Å²) in [5.74, 6) is 0. The van der Waals surface area contributed by atoms with Crippen LogP contribution in [0, 0.1) is 5.41 Å². The number of aliphatic hydroxyl groups excluding tert-OH is 1. The van der Waals surface area contributed by atoms with Gasteiger partial charge in [0.25, 0.3) is 0 Å². The molecule has 0 radical (unpaired) electrons. The lowest BCUT2D eigenvalue weighted by Gasteiger charge is -2.33. The summed E-state index contributed by atoms with van der Waals surface area (Å²) >= 11 is 0. The van der Waals surface area contributed by atoms with Crippen LogP contribution in [-0.2, 0) is 0 Å². The minimum Gasteiger partial charge on any atom is -0.396 e. The molecule has 1 aliphatic heterocycles. The monoisotopic (exact) mass is 333 g/mol. The van der Waals surface area contributed by atoms with Gasteiger partial charge in [0.1, 0.15) is 0 Å². The van der Waals surface area contributed by atoms with Crippen molar-refractivity contribution in [2.24, 2.45) is 5.41 Å². The highest BCUT2D eigenvalue weighted by atomic mass is 16.3. The standard InChI is InChI=1S/C19H31N3O2/c1-19(2,15-23)11-7-12-20-18(24)22-13-6-10-17(14-22)21-16-8-4-3-5-9-16/h3-5,8-9,17,21,23H,6-7,10-15H2,1-2H3,(H,20,24). The molecule has 1 aromatic rings. The lowest BCUT2D eigenvalue weighted by Crippen LogP contribution is -2.49. The molecule has 0 aromatic heterocycles. The predicted molar refractivity (Wildman–Crippen MR) is 98.2 cm³/mol. The highest BCUT2D eigenvalue weighted by Crippen LogP contribution is 2.20. The zero-order valence-corrected chi connectivity index (χ0v) is 14.9. The number of benzene rings is 1. The van der Waals surface area contributed by atoms with Crippen molar-refractivity contribution >= 4 is 11.7 Å². The Morgan fingerprint density at radius 2 is 2.08 bits per heavy atom. The second kappa shape index (κ2) is 8.92. The lowest BCUT2D eigenvalue weighted by molar-refractivity contribution is 0.147. The molecule has 5 nitrogen and oxygen atoms in total. The number of hydrogen-bond donors (Lipinski definition) is 3. The number of carbonyl (C=O) groups is 1. The van der Waals surface area contributed by atoms with Crippen molar-refractivity contribution in [3.63, 3.8) is 0 Å². The van der Waals surface area contributed by atoms with Gasteiger partial charge in [-0.2, -0.15) is 0 Å². The van der Waals surface area contributed by atoms with Gasteiger partial charge in [0.2, 0.25) is 0 Å². The minimum atomic E-state index is -0.0689. The first-order chi connectivity index (χ1) is 11.5. The Labute approximate surface area is 145 Å². The van der Waals surface area contributed by atoms with E-state index >= 15 is 0 Å². The summed E-state index contributed by atoms with van der Waals surface area (Å²) in [6.07, 6.45) is 3.90. The molecule has 0 bridgehead atoms. The number of rotatable bonds is 7. The Morgan fingerprint density at radius 1 is 1.33 bits per heavy atom. The number of urea groups is 1. The summed E-state index contributed by atoms with van der Waals surface area (Å²) in [5, 5.41) is 15.8. The number of piperidine rings is 1. The van der Waals surface area contributed by atoms with E-state index in [0.29, 0.717) is 12.6 Å². The van der Waals surface area contributed by atoms with Crippen LogP contribution in [0.5, 0.6) is 0 Å². The van der Waals surface area contributed by atoms with Crippen molar-refractivity contribution < 1.29 is 9.90 Å². The van der Waals surface area contributed by atoms with Crippen LogP contribution in [0.2, 0.25) is 0 Å².